The van der Waals surface area contributed by atoms with E-state index in [0.717, 1.165) is 29.3 Å². The summed E-state index contributed by atoms with van der Waals surface area (Å²) in [5.74, 6) is 1.60. The number of ether oxygens (including phenoxy) is 2. The van der Waals surface area contributed by atoms with Gasteiger partial charge in [-0.25, -0.2) is 4.98 Å². The van der Waals surface area contributed by atoms with Gasteiger partial charge in [0, 0.05) is 24.0 Å². The van der Waals surface area contributed by atoms with Gasteiger partial charge in [0.1, 0.15) is 0 Å². The number of fused-ring (bicyclic) bond motifs is 1. The number of hydrogen-bond donors (Lipinski definition) is 1. The number of rotatable bonds is 5. The fourth-order valence-corrected chi connectivity index (χ4v) is 3.35. The molecule has 0 fully saturated rings. The van der Waals surface area contributed by atoms with E-state index >= 15 is 0 Å². The molecule has 2 heterocycles. The summed E-state index contributed by atoms with van der Waals surface area (Å²) in [5.41, 5.74) is 10.1. The van der Waals surface area contributed by atoms with Crippen LogP contribution in [0.3, 0.4) is 0 Å². The zero-order valence-electron chi connectivity index (χ0n) is 12.2. The molecule has 0 amide bonds. The summed E-state index contributed by atoms with van der Waals surface area (Å²) >= 11 is 1.68. The Morgan fingerprint density at radius 3 is 2.90 bits per heavy atom. The lowest BCUT2D eigenvalue weighted by atomic mass is 10.0. The van der Waals surface area contributed by atoms with Crippen LogP contribution in [0.5, 0.6) is 11.5 Å². The molecule has 0 bridgehead atoms. The van der Waals surface area contributed by atoms with E-state index < -0.39 is 0 Å². The molecule has 0 aliphatic carbocycles. The zero-order chi connectivity index (χ0) is 14.8. The Balaban J connectivity index is 1.79. The molecule has 1 aliphatic heterocycles. The topological polar surface area (TPSA) is 60.6 Å². The number of nitrogens with zero attached hydrogens (tertiary/aromatic N) is 2. The highest BCUT2D eigenvalue weighted by Crippen LogP contribution is 2.35. The van der Waals surface area contributed by atoms with Gasteiger partial charge in [-0.15, -0.1) is 11.3 Å². The van der Waals surface area contributed by atoms with E-state index in [2.05, 4.69) is 23.0 Å². The third-order valence-corrected chi connectivity index (χ3v) is 4.69. The molecule has 0 saturated heterocycles. The molecule has 3 rings (SSSR count). The monoisotopic (exact) mass is 305 g/mol. The summed E-state index contributed by atoms with van der Waals surface area (Å²) in [6.45, 7) is 3.72. The Morgan fingerprint density at radius 1 is 1.38 bits per heavy atom. The maximum atomic E-state index is 5.99. The highest BCUT2D eigenvalue weighted by Gasteiger charge is 2.21. The van der Waals surface area contributed by atoms with Crippen LogP contribution >= 0.6 is 11.3 Å². The quantitative estimate of drug-likeness (QED) is 0.918. The minimum atomic E-state index is 0.140. The summed E-state index contributed by atoms with van der Waals surface area (Å²) < 4.78 is 10.8. The van der Waals surface area contributed by atoms with Crippen LogP contribution in [0.4, 0.5) is 0 Å². The lowest BCUT2D eigenvalue weighted by Crippen LogP contribution is -2.30. The van der Waals surface area contributed by atoms with Gasteiger partial charge in [-0.05, 0) is 31.7 Å². The summed E-state index contributed by atoms with van der Waals surface area (Å²) in [6.07, 6.45) is 0. The van der Waals surface area contributed by atoms with Gasteiger partial charge in [0.15, 0.2) is 11.5 Å². The second-order valence-electron chi connectivity index (χ2n) is 5.14. The standard InChI is InChI=1S/C15H19N3O2S/c1-10-15(21-8-17-10)7-18(2)12(6-16)11-3-4-13-14(5-11)20-9-19-13/h3-5,8,12H,6-7,9,16H2,1-2H3. The predicted octanol–water partition coefficient (Wildman–Crippen LogP) is 2.31. The maximum absolute atomic E-state index is 5.99. The van der Waals surface area contributed by atoms with Crippen molar-refractivity contribution in [1.82, 2.24) is 9.88 Å². The maximum Gasteiger partial charge on any atom is 0.231 e. The number of aromatic nitrogens is 1. The highest BCUT2D eigenvalue weighted by molar-refractivity contribution is 7.09. The molecule has 0 spiro atoms. The normalized spacial score (nSPS) is 14.7. The van der Waals surface area contributed by atoms with E-state index in [4.69, 9.17) is 15.2 Å². The minimum absolute atomic E-state index is 0.140. The van der Waals surface area contributed by atoms with Gasteiger partial charge in [0.25, 0.3) is 0 Å². The van der Waals surface area contributed by atoms with Crippen LogP contribution in [0.15, 0.2) is 23.7 Å². The van der Waals surface area contributed by atoms with Crippen molar-refractivity contribution in [1.29, 1.82) is 0 Å². The Kier molecular flexibility index (Phi) is 4.10. The fourth-order valence-electron chi connectivity index (χ4n) is 2.51. The molecule has 1 aliphatic rings. The number of aryl methyl sites for hydroxylation is 1. The van der Waals surface area contributed by atoms with Gasteiger partial charge in [-0.1, -0.05) is 6.07 Å². The molecule has 21 heavy (non-hydrogen) atoms. The minimum Gasteiger partial charge on any atom is -0.454 e. The molecule has 6 heteroatoms. The van der Waals surface area contributed by atoms with E-state index in [1.165, 1.54) is 4.88 Å². The SMILES string of the molecule is Cc1ncsc1CN(C)C(CN)c1ccc2c(c1)OCO2. The second kappa shape index (κ2) is 6.01. The Bertz CT molecular complexity index is 629. The lowest BCUT2D eigenvalue weighted by molar-refractivity contribution is 0.173. The molecule has 2 aromatic rings. The number of benzene rings is 1. The van der Waals surface area contributed by atoms with Gasteiger partial charge in [-0.3, -0.25) is 4.90 Å². The molecule has 0 radical (unpaired) electrons. The van der Waals surface area contributed by atoms with Crippen molar-refractivity contribution < 1.29 is 9.47 Å². The first-order chi connectivity index (χ1) is 10.2. The first-order valence-electron chi connectivity index (χ1n) is 6.88. The van der Waals surface area contributed by atoms with Gasteiger partial charge in [0.2, 0.25) is 6.79 Å². The van der Waals surface area contributed by atoms with Crippen molar-refractivity contribution in [2.75, 3.05) is 20.4 Å². The van der Waals surface area contributed by atoms with Crippen molar-refractivity contribution in [3.63, 3.8) is 0 Å². The second-order valence-corrected chi connectivity index (χ2v) is 6.08. The first kappa shape index (κ1) is 14.3. The summed E-state index contributed by atoms with van der Waals surface area (Å²) in [7, 11) is 2.08. The average Bonchev–Trinajstić information content (AvgIpc) is 3.09. The van der Waals surface area contributed by atoms with Gasteiger partial charge >= 0.3 is 0 Å². The number of nitrogens with two attached hydrogens (primary N) is 1. The molecule has 1 unspecified atom stereocenters. The van der Waals surface area contributed by atoms with E-state index in [0.29, 0.717) is 13.3 Å². The zero-order valence-corrected chi connectivity index (χ0v) is 13.0. The lowest BCUT2D eigenvalue weighted by Gasteiger charge is -2.27. The largest absolute Gasteiger partial charge is 0.454 e. The fraction of sp³-hybridized carbons (Fsp3) is 0.400. The van der Waals surface area contributed by atoms with Crippen LogP contribution in [0, 0.1) is 6.92 Å². The van der Waals surface area contributed by atoms with Crippen molar-refractivity contribution >= 4 is 11.3 Å². The van der Waals surface area contributed by atoms with Crippen LogP contribution in [-0.4, -0.2) is 30.3 Å². The highest BCUT2D eigenvalue weighted by atomic mass is 32.1. The van der Waals surface area contributed by atoms with Crippen LogP contribution < -0.4 is 15.2 Å². The van der Waals surface area contributed by atoms with Crippen molar-refractivity contribution in [3.8, 4) is 11.5 Å². The third kappa shape index (κ3) is 2.88. The van der Waals surface area contributed by atoms with Crippen LogP contribution in [-0.2, 0) is 6.54 Å². The Hall–Kier alpha value is -1.63. The van der Waals surface area contributed by atoms with Crippen LogP contribution in [0.2, 0.25) is 0 Å². The number of hydrogen-bond acceptors (Lipinski definition) is 6. The molecular weight excluding hydrogens is 286 g/mol. The van der Waals surface area contributed by atoms with Crippen molar-refractivity contribution in [3.05, 3.63) is 39.8 Å². The van der Waals surface area contributed by atoms with Crippen LogP contribution in [0.1, 0.15) is 22.2 Å². The molecule has 0 saturated carbocycles. The Labute approximate surface area is 128 Å². The summed E-state index contributed by atoms with van der Waals surface area (Å²) in [4.78, 5) is 7.82. The number of thiazole rings is 1. The number of likely N-dealkylation sites (N-methyl/N-ethyl adjacent to an activating group) is 1. The van der Waals surface area contributed by atoms with E-state index in [1.807, 2.05) is 24.6 Å². The van der Waals surface area contributed by atoms with Crippen LogP contribution in [0.25, 0.3) is 0 Å². The van der Waals surface area contributed by atoms with E-state index in [1.54, 1.807) is 11.3 Å². The molecule has 1 atom stereocenters. The molecular formula is C15H19N3O2S. The smallest absolute Gasteiger partial charge is 0.231 e. The summed E-state index contributed by atoms with van der Waals surface area (Å²) in [5, 5.41) is 0. The van der Waals surface area contributed by atoms with Gasteiger partial charge in [0.05, 0.1) is 11.2 Å². The van der Waals surface area contributed by atoms with Gasteiger partial charge < -0.3 is 15.2 Å². The predicted molar refractivity (Wildman–Crippen MR) is 82.7 cm³/mol. The summed E-state index contributed by atoms with van der Waals surface area (Å²) in [6, 6.07) is 6.17. The van der Waals surface area contributed by atoms with Crippen molar-refractivity contribution in [2.24, 2.45) is 5.73 Å². The average molecular weight is 305 g/mol. The molecule has 1 aromatic carbocycles. The molecule has 112 valence electrons. The van der Waals surface area contributed by atoms with E-state index in [-0.39, 0.29) is 6.04 Å². The van der Waals surface area contributed by atoms with Crippen molar-refractivity contribution in [2.45, 2.75) is 19.5 Å². The third-order valence-electron chi connectivity index (χ3n) is 3.77. The van der Waals surface area contributed by atoms with Gasteiger partial charge in [-0.2, -0.15) is 0 Å². The van der Waals surface area contributed by atoms with E-state index in [9.17, 15) is 0 Å². The Morgan fingerprint density at radius 2 is 2.19 bits per heavy atom. The molecule has 5 nitrogen and oxygen atoms in total. The molecule has 1 aromatic heterocycles. The molecule has 2 N–H and O–H groups in total. The first-order valence-corrected chi connectivity index (χ1v) is 7.76.